The van der Waals surface area contributed by atoms with Crippen LogP contribution in [0.15, 0.2) is 16.0 Å². The second-order valence-corrected chi connectivity index (χ2v) is 4.01. The highest BCUT2D eigenvalue weighted by atomic mass is 32.2. The fourth-order valence-electron chi connectivity index (χ4n) is 0.911. The van der Waals surface area contributed by atoms with Crippen molar-refractivity contribution in [2.75, 3.05) is 5.75 Å². The molecule has 0 bridgehead atoms. The van der Waals surface area contributed by atoms with Gasteiger partial charge in [-0.2, -0.15) is 0 Å². The fraction of sp³-hybridized carbons (Fsp3) is 0.556. The van der Waals surface area contributed by atoms with E-state index < -0.39 is 0 Å². The van der Waals surface area contributed by atoms with Gasteiger partial charge in [0.25, 0.3) is 0 Å². The quantitative estimate of drug-likeness (QED) is 0.457. The van der Waals surface area contributed by atoms with E-state index in [0.717, 1.165) is 16.3 Å². The SMILES string of the molecule is CCCCSc1[nH]c(=O)ncc1C. The van der Waals surface area contributed by atoms with Crippen molar-refractivity contribution in [3.05, 3.63) is 22.2 Å². The summed E-state index contributed by atoms with van der Waals surface area (Å²) in [5, 5.41) is 0.952. The summed E-state index contributed by atoms with van der Waals surface area (Å²) in [5.41, 5.74) is 0.783. The molecule has 1 aromatic heterocycles. The molecule has 0 aromatic carbocycles. The lowest BCUT2D eigenvalue weighted by atomic mass is 10.4. The highest BCUT2D eigenvalue weighted by molar-refractivity contribution is 7.99. The van der Waals surface area contributed by atoms with Crippen LogP contribution in [0.5, 0.6) is 0 Å². The Morgan fingerprint density at radius 2 is 2.38 bits per heavy atom. The molecule has 72 valence electrons. The van der Waals surface area contributed by atoms with Crippen LogP contribution in [0, 0.1) is 6.92 Å². The molecule has 0 aliphatic heterocycles. The average Bonchev–Trinajstić information content (AvgIpc) is 2.11. The first-order valence-electron chi connectivity index (χ1n) is 4.42. The van der Waals surface area contributed by atoms with E-state index >= 15 is 0 Å². The third-order valence-electron chi connectivity index (χ3n) is 1.70. The van der Waals surface area contributed by atoms with Gasteiger partial charge in [0.15, 0.2) is 0 Å². The number of rotatable bonds is 4. The number of nitrogens with one attached hydrogen (secondary N) is 1. The zero-order valence-corrected chi connectivity index (χ0v) is 8.78. The molecule has 3 nitrogen and oxygen atoms in total. The first-order chi connectivity index (χ1) is 6.24. The van der Waals surface area contributed by atoms with Gasteiger partial charge in [-0.1, -0.05) is 13.3 Å². The Morgan fingerprint density at radius 1 is 1.62 bits per heavy atom. The van der Waals surface area contributed by atoms with Crippen molar-refractivity contribution >= 4 is 11.8 Å². The Kier molecular flexibility index (Phi) is 4.02. The number of hydrogen-bond donors (Lipinski definition) is 1. The number of aromatic nitrogens is 2. The normalized spacial score (nSPS) is 10.3. The van der Waals surface area contributed by atoms with E-state index in [4.69, 9.17) is 0 Å². The molecule has 0 spiro atoms. The zero-order valence-electron chi connectivity index (χ0n) is 7.96. The van der Waals surface area contributed by atoms with Crippen LogP contribution in [-0.2, 0) is 0 Å². The molecule has 1 N–H and O–H groups in total. The molecule has 13 heavy (non-hydrogen) atoms. The summed E-state index contributed by atoms with van der Waals surface area (Å²) in [7, 11) is 0. The molecule has 0 fully saturated rings. The maximum absolute atomic E-state index is 10.9. The lowest BCUT2D eigenvalue weighted by Crippen LogP contribution is -2.10. The van der Waals surface area contributed by atoms with Crippen molar-refractivity contribution in [3.63, 3.8) is 0 Å². The van der Waals surface area contributed by atoms with Crippen molar-refractivity contribution in [3.8, 4) is 0 Å². The van der Waals surface area contributed by atoms with Crippen molar-refractivity contribution in [2.45, 2.75) is 31.7 Å². The highest BCUT2D eigenvalue weighted by Gasteiger charge is 1.99. The van der Waals surface area contributed by atoms with E-state index in [1.807, 2.05) is 6.92 Å². The number of nitrogens with zero attached hydrogens (tertiary/aromatic N) is 1. The molecule has 0 saturated carbocycles. The van der Waals surface area contributed by atoms with Crippen molar-refractivity contribution < 1.29 is 0 Å². The van der Waals surface area contributed by atoms with Crippen LogP contribution in [0.1, 0.15) is 25.3 Å². The average molecular weight is 198 g/mol. The zero-order chi connectivity index (χ0) is 9.68. The summed E-state index contributed by atoms with van der Waals surface area (Å²) in [6.07, 6.45) is 3.98. The molecule has 1 heterocycles. The Balaban J connectivity index is 2.64. The summed E-state index contributed by atoms with van der Waals surface area (Å²) in [6.45, 7) is 4.11. The summed E-state index contributed by atoms with van der Waals surface area (Å²) in [4.78, 5) is 17.3. The van der Waals surface area contributed by atoms with Gasteiger partial charge in [0.05, 0.1) is 5.03 Å². The van der Waals surface area contributed by atoms with Crippen molar-refractivity contribution in [1.82, 2.24) is 9.97 Å². The van der Waals surface area contributed by atoms with Crippen LogP contribution in [0.2, 0.25) is 0 Å². The molecule has 0 aliphatic carbocycles. The lowest BCUT2D eigenvalue weighted by molar-refractivity contribution is 0.889. The van der Waals surface area contributed by atoms with Crippen LogP contribution >= 0.6 is 11.8 Å². The van der Waals surface area contributed by atoms with Gasteiger partial charge in [-0.3, -0.25) is 0 Å². The molecule has 0 unspecified atom stereocenters. The molecule has 4 heteroatoms. The van der Waals surface area contributed by atoms with Gasteiger partial charge in [0.2, 0.25) is 0 Å². The molecular weight excluding hydrogens is 184 g/mol. The Hall–Kier alpha value is -0.770. The minimum atomic E-state index is -0.260. The monoisotopic (exact) mass is 198 g/mol. The predicted molar refractivity (Wildman–Crippen MR) is 55.2 cm³/mol. The van der Waals surface area contributed by atoms with Gasteiger partial charge >= 0.3 is 5.69 Å². The third kappa shape index (κ3) is 3.22. The topological polar surface area (TPSA) is 45.8 Å². The minimum absolute atomic E-state index is 0.260. The minimum Gasteiger partial charge on any atom is -0.300 e. The second-order valence-electron chi connectivity index (χ2n) is 2.90. The van der Waals surface area contributed by atoms with E-state index in [0.29, 0.717) is 0 Å². The van der Waals surface area contributed by atoms with Gasteiger partial charge in [0.1, 0.15) is 0 Å². The molecule has 1 aromatic rings. The number of H-pyrrole nitrogens is 1. The van der Waals surface area contributed by atoms with E-state index in [1.54, 1.807) is 18.0 Å². The Morgan fingerprint density at radius 3 is 3.08 bits per heavy atom. The molecule has 0 saturated heterocycles. The summed E-state index contributed by atoms with van der Waals surface area (Å²) in [5.74, 6) is 1.05. The van der Waals surface area contributed by atoms with Crippen LogP contribution in [-0.4, -0.2) is 15.7 Å². The molecule has 1 rings (SSSR count). The number of hydrogen-bond acceptors (Lipinski definition) is 3. The van der Waals surface area contributed by atoms with Crippen LogP contribution < -0.4 is 5.69 Å². The molecule has 0 radical (unpaired) electrons. The van der Waals surface area contributed by atoms with E-state index in [2.05, 4.69) is 16.9 Å². The van der Waals surface area contributed by atoms with Gasteiger partial charge in [-0.15, -0.1) is 11.8 Å². The van der Waals surface area contributed by atoms with E-state index in [9.17, 15) is 4.79 Å². The predicted octanol–water partition coefficient (Wildman–Crippen LogP) is 1.97. The maximum Gasteiger partial charge on any atom is 0.345 e. The molecular formula is C9H14N2OS. The maximum atomic E-state index is 10.9. The Bertz CT molecular complexity index is 322. The first kappa shape index (κ1) is 10.3. The van der Waals surface area contributed by atoms with Gasteiger partial charge in [0, 0.05) is 6.20 Å². The Labute approximate surface area is 82.0 Å². The smallest absolute Gasteiger partial charge is 0.300 e. The molecule has 0 aliphatic rings. The lowest BCUT2D eigenvalue weighted by Gasteiger charge is -2.02. The molecule has 0 atom stereocenters. The van der Waals surface area contributed by atoms with E-state index in [-0.39, 0.29) is 5.69 Å². The summed E-state index contributed by atoms with van der Waals surface area (Å²) < 4.78 is 0. The number of aromatic amines is 1. The third-order valence-corrected chi connectivity index (χ3v) is 2.90. The van der Waals surface area contributed by atoms with Crippen LogP contribution in [0.3, 0.4) is 0 Å². The second kappa shape index (κ2) is 5.07. The van der Waals surface area contributed by atoms with E-state index in [1.165, 1.54) is 12.8 Å². The largest absolute Gasteiger partial charge is 0.345 e. The van der Waals surface area contributed by atoms with Crippen molar-refractivity contribution in [1.29, 1.82) is 0 Å². The van der Waals surface area contributed by atoms with Gasteiger partial charge in [-0.25, -0.2) is 9.78 Å². The van der Waals surface area contributed by atoms with Crippen LogP contribution in [0.25, 0.3) is 0 Å². The highest BCUT2D eigenvalue weighted by Crippen LogP contribution is 2.18. The fourth-order valence-corrected chi connectivity index (χ4v) is 1.99. The standard InChI is InChI=1S/C9H14N2OS/c1-3-4-5-13-8-7(2)6-10-9(12)11-8/h6H,3-5H2,1-2H3,(H,10,11,12). The number of unbranched alkanes of at least 4 members (excludes halogenated alkanes) is 1. The first-order valence-corrected chi connectivity index (χ1v) is 5.41. The summed E-state index contributed by atoms with van der Waals surface area (Å²) in [6, 6.07) is 0. The summed E-state index contributed by atoms with van der Waals surface area (Å²) >= 11 is 1.69. The van der Waals surface area contributed by atoms with Crippen LogP contribution in [0.4, 0.5) is 0 Å². The van der Waals surface area contributed by atoms with Gasteiger partial charge < -0.3 is 4.98 Å². The van der Waals surface area contributed by atoms with Gasteiger partial charge in [-0.05, 0) is 24.7 Å². The number of thioether (sulfide) groups is 1. The van der Waals surface area contributed by atoms with Crippen molar-refractivity contribution in [2.24, 2.45) is 0 Å². The number of aryl methyl sites for hydroxylation is 1. The molecule has 0 amide bonds.